The number of carbonyl (C=O) groups is 1. The lowest BCUT2D eigenvalue weighted by Crippen LogP contribution is -2.55. The van der Waals surface area contributed by atoms with Gasteiger partial charge in [-0.3, -0.25) is 4.79 Å². The molecule has 1 unspecified atom stereocenters. The third-order valence-corrected chi connectivity index (χ3v) is 7.84. The second kappa shape index (κ2) is 8.85. The quantitative estimate of drug-likeness (QED) is 0.716. The lowest BCUT2D eigenvalue weighted by molar-refractivity contribution is -0.135. The predicted molar refractivity (Wildman–Crippen MR) is 108 cm³/mol. The topological polar surface area (TPSA) is 92.9 Å². The highest BCUT2D eigenvalue weighted by Gasteiger charge is 2.49. The number of halogens is 2. The van der Waals surface area contributed by atoms with Gasteiger partial charge in [0.15, 0.2) is 0 Å². The van der Waals surface area contributed by atoms with Crippen LogP contribution in [-0.2, 0) is 19.6 Å². The summed E-state index contributed by atoms with van der Waals surface area (Å²) in [5, 5.41) is 0.462. The minimum atomic E-state index is -3.98. The van der Waals surface area contributed by atoms with Crippen molar-refractivity contribution in [2.24, 2.45) is 11.7 Å². The number of rotatable bonds is 6. The van der Waals surface area contributed by atoms with Crippen LogP contribution >= 0.6 is 23.2 Å². The van der Waals surface area contributed by atoms with Crippen LogP contribution < -0.4 is 5.73 Å². The molecule has 28 heavy (non-hydrogen) atoms. The fourth-order valence-electron chi connectivity index (χ4n) is 4.17. The van der Waals surface area contributed by atoms with Crippen molar-refractivity contribution in [2.45, 2.75) is 36.2 Å². The van der Waals surface area contributed by atoms with Crippen LogP contribution in [0.2, 0.25) is 10.0 Å². The van der Waals surface area contributed by atoms with Gasteiger partial charge in [0.1, 0.15) is 6.04 Å². The molecule has 3 atom stereocenters. The summed E-state index contributed by atoms with van der Waals surface area (Å²) in [6.07, 6.45) is 1.92. The summed E-state index contributed by atoms with van der Waals surface area (Å²) >= 11 is 12.1. The number of ether oxygens (including phenoxy) is 1. The Bertz CT molecular complexity index is 816. The third-order valence-electron chi connectivity index (χ3n) is 5.49. The molecule has 2 aliphatic rings. The Morgan fingerprint density at radius 2 is 1.89 bits per heavy atom. The molecule has 10 heteroatoms. The van der Waals surface area contributed by atoms with E-state index in [9.17, 15) is 13.2 Å². The van der Waals surface area contributed by atoms with Gasteiger partial charge >= 0.3 is 0 Å². The molecule has 2 bridgehead atoms. The van der Waals surface area contributed by atoms with Crippen molar-refractivity contribution in [3.63, 3.8) is 0 Å². The summed E-state index contributed by atoms with van der Waals surface area (Å²) in [5.41, 5.74) is 6.00. The van der Waals surface area contributed by atoms with Crippen molar-refractivity contribution >= 4 is 39.1 Å². The number of methoxy groups -OCH3 is 1. The van der Waals surface area contributed by atoms with Gasteiger partial charge in [-0.15, -0.1) is 0 Å². The minimum absolute atomic E-state index is 0.00388. The molecule has 7 nitrogen and oxygen atoms in total. The van der Waals surface area contributed by atoms with E-state index in [-0.39, 0.29) is 39.4 Å². The van der Waals surface area contributed by atoms with E-state index < -0.39 is 16.1 Å². The molecule has 156 valence electrons. The molecule has 2 aliphatic heterocycles. The van der Waals surface area contributed by atoms with Crippen molar-refractivity contribution in [3.05, 3.63) is 28.2 Å². The first kappa shape index (κ1) is 21.8. The highest BCUT2D eigenvalue weighted by atomic mass is 35.5. The van der Waals surface area contributed by atoms with Gasteiger partial charge in [-0.05, 0) is 44.0 Å². The van der Waals surface area contributed by atoms with Gasteiger partial charge in [-0.25, -0.2) is 8.42 Å². The van der Waals surface area contributed by atoms with E-state index in [1.165, 1.54) is 22.5 Å². The third kappa shape index (κ3) is 4.17. The highest BCUT2D eigenvalue weighted by Crippen LogP contribution is 2.37. The summed E-state index contributed by atoms with van der Waals surface area (Å²) < 4.78 is 33.6. The average molecular weight is 450 g/mol. The van der Waals surface area contributed by atoms with Crippen LogP contribution in [0.1, 0.15) is 19.3 Å². The van der Waals surface area contributed by atoms with E-state index in [1.807, 2.05) is 0 Å². The first-order valence-electron chi connectivity index (χ1n) is 9.27. The Kier molecular flexibility index (Phi) is 6.89. The van der Waals surface area contributed by atoms with Crippen LogP contribution in [0.15, 0.2) is 23.1 Å². The number of benzene rings is 1. The van der Waals surface area contributed by atoms with Crippen LogP contribution in [-0.4, -0.2) is 69.0 Å². The number of hydrogen-bond acceptors (Lipinski definition) is 5. The molecule has 1 aromatic carbocycles. The molecule has 1 aromatic rings. The molecule has 0 aliphatic carbocycles. The number of nitrogens with two attached hydrogens (primary N) is 1. The molecule has 3 rings (SSSR count). The summed E-state index contributed by atoms with van der Waals surface area (Å²) in [6, 6.07) is 3.12. The van der Waals surface area contributed by atoms with Gasteiger partial charge in [0.25, 0.3) is 0 Å². The van der Waals surface area contributed by atoms with Gasteiger partial charge in [-0.2, -0.15) is 4.31 Å². The monoisotopic (exact) mass is 449 g/mol. The number of amides is 1. The molecule has 2 N–H and O–H groups in total. The molecule has 0 saturated carbocycles. The maximum atomic E-state index is 13.6. The fourth-order valence-corrected chi connectivity index (χ4v) is 6.78. The van der Waals surface area contributed by atoms with E-state index in [0.29, 0.717) is 32.5 Å². The molecule has 2 heterocycles. The molecule has 2 fully saturated rings. The average Bonchev–Trinajstić information content (AvgIpc) is 2.72. The zero-order valence-corrected chi connectivity index (χ0v) is 18.0. The lowest BCUT2D eigenvalue weighted by Gasteiger charge is -2.40. The predicted octanol–water partition coefficient (Wildman–Crippen LogP) is 1.97. The Balaban J connectivity index is 2.06. The molecule has 2 saturated heterocycles. The van der Waals surface area contributed by atoms with Gasteiger partial charge in [0.05, 0.1) is 11.5 Å². The normalized spacial score (nSPS) is 26.4. The van der Waals surface area contributed by atoms with Crippen LogP contribution in [0.3, 0.4) is 0 Å². The number of nitrogens with zero attached hydrogens (tertiary/aromatic N) is 2. The summed E-state index contributed by atoms with van der Waals surface area (Å²) in [4.78, 5) is 14.9. The first-order valence-corrected chi connectivity index (χ1v) is 11.5. The lowest BCUT2D eigenvalue weighted by atomic mass is 9.90. The van der Waals surface area contributed by atoms with Crippen molar-refractivity contribution < 1.29 is 17.9 Å². The largest absolute Gasteiger partial charge is 0.383 e. The van der Waals surface area contributed by atoms with Crippen LogP contribution in [0.4, 0.5) is 0 Å². The summed E-state index contributed by atoms with van der Waals surface area (Å²) in [6.45, 7) is 1.50. The van der Waals surface area contributed by atoms with E-state index in [1.54, 1.807) is 12.0 Å². The highest BCUT2D eigenvalue weighted by molar-refractivity contribution is 7.89. The zero-order valence-electron chi connectivity index (χ0n) is 15.7. The molecule has 1 amide bonds. The van der Waals surface area contributed by atoms with Crippen molar-refractivity contribution in [2.75, 3.05) is 33.4 Å². The van der Waals surface area contributed by atoms with Crippen molar-refractivity contribution in [1.82, 2.24) is 9.21 Å². The smallest absolute Gasteiger partial charge is 0.244 e. The Labute approximate surface area is 175 Å². The summed E-state index contributed by atoms with van der Waals surface area (Å²) in [7, 11) is -2.41. The minimum Gasteiger partial charge on any atom is -0.383 e. The van der Waals surface area contributed by atoms with E-state index in [0.717, 1.165) is 6.42 Å². The number of carbonyl (C=O) groups excluding carboxylic acids is 1. The van der Waals surface area contributed by atoms with Crippen molar-refractivity contribution in [1.29, 1.82) is 0 Å². The van der Waals surface area contributed by atoms with Crippen LogP contribution in [0.25, 0.3) is 0 Å². The van der Waals surface area contributed by atoms with Gasteiger partial charge in [-0.1, -0.05) is 23.2 Å². The SMILES string of the molecule is COCCN1C[C@H](CN)[C@@H]2CCCC(C1=O)N2S(=O)(=O)c1cc(Cl)cc(Cl)c1. The Morgan fingerprint density at radius 1 is 1.21 bits per heavy atom. The van der Waals surface area contributed by atoms with E-state index >= 15 is 0 Å². The van der Waals surface area contributed by atoms with Gasteiger partial charge < -0.3 is 15.4 Å². The van der Waals surface area contributed by atoms with Crippen LogP contribution in [0.5, 0.6) is 0 Å². The van der Waals surface area contributed by atoms with E-state index in [2.05, 4.69) is 0 Å². The molecule has 0 aromatic heterocycles. The van der Waals surface area contributed by atoms with Gasteiger partial charge in [0.2, 0.25) is 15.9 Å². The molecular weight excluding hydrogens is 425 g/mol. The molecule has 0 radical (unpaired) electrons. The number of piperidine rings is 1. The first-order chi connectivity index (χ1) is 13.3. The maximum absolute atomic E-state index is 13.6. The fraction of sp³-hybridized carbons (Fsp3) is 0.611. The number of hydrogen-bond donors (Lipinski definition) is 1. The van der Waals surface area contributed by atoms with Gasteiger partial charge in [0, 0.05) is 42.2 Å². The second-order valence-corrected chi connectivity index (χ2v) is 9.94. The number of sulfonamides is 1. The maximum Gasteiger partial charge on any atom is 0.244 e. The molecule has 0 spiro atoms. The van der Waals surface area contributed by atoms with Crippen molar-refractivity contribution in [3.8, 4) is 0 Å². The van der Waals surface area contributed by atoms with Crippen LogP contribution in [0, 0.1) is 5.92 Å². The number of fused-ring (bicyclic) bond motifs is 2. The molecular formula is C18H25Cl2N3O4S. The summed E-state index contributed by atoms with van der Waals surface area (Å²) in [5.74, 6) is -0.357. The Morgan fingerprint density at radius 3 is 2.50 bits per heavy atom. The standard InChI is InChI=1S/C18H25Cl2N3O4S/c1-27-6-5-22-11-12(10-21)16-3-2-4-17(18(22)24)23(16)28(25,26)15-8-13(19)7-14(20)9-15/h7-9,12,16-17H,2-6,10-11,21H2,1H3/t12-,16-,17?/m0/s1. The zero-order chi connectivity index (χ0) is 20.5. The Hall–Kier alpha value is -0.900. The van der Waals surface area contributed by atoms with E-state index in [4.69, 9.17) is 33.7 Å². The second-order valence-electron chi connectivity index (χ2n) is 7.23.